The number of carbonyl (C=O) groups is 1. The van der Waals surface area contributed by atoms with E-state index in [2.05, 4.69) is 5.32 Å². The van der Waals surface area contributed by atoms with E-state index >= 15 is 0 Å². The summed E-state index contributed by atoms with van der Waals surface area (Å²) in [6.07, 6.45) is -1.40. The normalized spacial score (nSPS) is 13.2. The molecule has 0 aliphatic carbocycles. The standard InChI is InChI=1S/C10H10Cl3NO2/c11-10(12,13)9(16)14-8(15)6-7-4-2-1-3-5-7/h1-5,9,16H,6H2,(H,14,15). The van der Waals surface area contributed by atoms with E-state index in [1.54, 1.807) is 12.1 Å². The van der Waals surface area contributed by atoms with E-state index in [1.165, 1.54) is 0 Å². The van der Waals surface area contributed by atoms with Crippen LogP contribution in [0.3, 0.4) is 0 Å². The molecule has 0 heterocycles. The van der Waals surface area contributed by atoms with Gasteiger partial charge >= 0.3 is 0 Å². The summed E-state index contributed by atoms with van der Waals surface area (Å²) in [4.78, 5) is 11.4. The summed E-state index contributed by atoms with van der Waals surface area (Å²) in [5.74, 6) is -0.412. The molecule has 1 aromatic rings. The molecule has 1 atom stereocenters. The fraction of sp³-hybridized carbons (Fsp3) is 0.300. The summed E-state index contributed by atoms with van der Waals surface area (Å²) in [5, 5.41) is 11.5. The molecular formula is C10H10Cl3NO2. The average Bonchev–Trinajstić information content (AvgIpc) is 2.17. The number of nitrogens with one attached hydrogen (secondary N) is 1. The lowest BCUT2D eigenvalue weighted by atomic mass is 10.1. The zero-order valence-electron chi connectivity index (χ0n) is 8.16. The minimum atomic E-state index is -1.92. The van der Waals surface area contributed by atoms with Crippen molar-refractivity contribution in [3.05, 3.63) is 35.9 Å². The zero-order valence-corrected chi connectivity index (χ0v) is 10.4. The van der Waals surface area contributed by atoms with Crippen LogP contribution < -0.4 is 5.32 Å². The number of rotatable bonds is 3. The van der Waals surface area contributed by atoms with Gasteiger partial charge in [0.2, 0.25) is 9.70 Å². The summed E-state index contributed by atoms with van der Waals surface area (Å²) < 4.78 is -1.92. The van der Waals surface area contributed by atoms with Crippen LogP contribution in [0.15, 0.2) is 30.3 Å². The number of hydrogen-bond donors (Lipinski definition) is 2. The molecule has 0 aliphatic heterocycles. The van der Waals surface area contributed by atoms with E-state index in [0.717, 1.165) is 5.56 Å². The Morgan fingerprint density at radius 3 is 2.38 bits per heavy atom. The first-order valence-corrected chi connectivity index (χ1v) is 5.61. The van der Waals surface area contributed by atoms with Crippen LogP contribution >= 0.6 is 34.8 Å². The Morgan fingerprint density at radius 2 is 1.88 bits per heavy atom. The number of alkyl halides is 3. The fourth-order valence-electron chi connectivity index (χ4n) is 1.07. The van der Waals surface area contributed by atoms with Crippen molar-refractivity contribution in [2.45, 2.75) is 16.4 Å². The fourth-order valence-corrected chi connectivity index (χ4v) is 1.23. The lowest BCUT2D eigenvalue weighted by Crippen LogP contribution is -2.44. The van der Waals surface area contributed by atoms with Crippen LogP contribution in [0.5, 0.6) is 0 Å². The average molecular weight is 283 g/mol. The van der Waals surface area contributed by atoms with Gasteiger partial charge < -0.3 is 10.4 Å². The summed E-state index contributed by atoms with van der Waals surface area (Å²) in [7, 11) is 0. The summed E-state index contributed by atoms with van der Waals surface area (Å²) in [6.45, 7) is 0. The van der Waals surface area contributed by atoms with Gasteiger partial charge in [-0.1, -0.05) is 65.1 Å². The van der Waals surface area contributed by atoms with Crippen LogP contribution in [-0.2, 0) is 11.2 Å². The van der Waals surface area contributed by atoms with Gasteiger partial charge in [-0.05, 0) is 5.56 Å². The van der Waals surface area contributed by atoms with Crippen LogP contribution in [0.25, 0.3) is 0 Å². The smallest absolute Gasteiger partial charge is 0.234 e. The van der Waals surface area contributed by atoms with Gasteiger partial charge in [0, 0.05) is 0 Å². The Labute approximate surface area is 108 Å². The molecule has 1 aromatic carbocycles. The van der Waals surface area contributed by atoms with Gasteiger partial charge in [0.05, 0.1) is 6.42 Å². The second kappa shape index (κ2) is 5.73. The van der Waals surface area contributed by atoms with Crippen LogP contribution in [0.2, 0.25) is 0 Å². The van der Waals surface area contributed by atoms with Crippen LogP contribution in [0.4, 0.5) is 0 Å². The van der Waals surface area contributed by atoms with Gasteiger partial charge in [-0.15, -0.1) is 0 Å². The molecule has 16 heavy (non-hydrogen) atoms. The molecular weight excluding hydrogens is 272 g/mol. The van der Waals surface area contributed by atoms with E-state index in [0.29, 0.717) is 0 Å². The highest BCUT2D eigenvalue weighted by Gasteiger charge is 2.31. The summed E-state index contributed by atoms with van der Waals surface area (Å²) in [5.41, 5.74) is 0.816. The number of benzene rings is 1. The molecule has 2 N–H and O–H groups in total. The molecule has 1 amide bonds. The molecule has 0 fully saturated rings. The van der Waals surface area contributed by atoms with Crippen molar-refractivity contribution in [3.8, 4) is 0 Å². The highest BCUT2D eigenvalue weighted by atomic mass is 35.6. The molecule has 0 radical (unpaired) electrons. The molecule has 0 spiro atoms. The maximum atomic E-state index is 11.4. The van der Waals surface area contributed by atoms with Crippen molar-refractivity contribution in [2.24, 2.45) is 0 Å². The number of aliphatic hydroxyl groups is 1. The molecule has 0 bridgehead atoms. The number of halogens is 3. The van der Waals surface area contributed by atoms with Crippen molar-refractivity contribution >= 4 is 40.7 Å². The third-order valence-electron chi connectivity index (χ3n) is 1.82. The maximum absolute atomic E-state index is 11.4. The van der Waals surface area contributed by atoms with E-state index < -0.39 is 15.9 Å². The number of carbonyl (C=O) groups excluding carboxylic acids is 1. The molecule has 1 unspecified atom stereocenters. The minimum Gasteiger partial charge on any atom is -0.369 e. The first kappa shape index (κ1) is 13.6. The molecule has 0 saturated heterocycles. The summed E-state index contributed by atoms with van der Waals surface area (Å²) >= 11 is 16.2. The largest absolute Gasteiger partial charge is 0.369 e. The van der Waals surface area contributed by atoms with Crippen LogP contribution in [0, 0.1) is 0 Å². The Hall–Kier alpha value is -0.480. The van der Waals surface area contributed by atoms with Crippen molar-refractivity contribution in [2.75, 3.05) is 0 Å². The SMILES string of the molecule is O=C(Cc1ccccc1)NC(O)C(Cl)(Cl)Cl. The Kier molecular flexibility index (Phi) is 4.87. The molecule has 1 rings (SSSR count). The Bertz CT molecular complexity index is 351. The van der Waals surface area contributed by atoms with E-state index in [1.807, 2.05) is 18.2 Å². The monoisotopic (exact) mass is 281 g/mol. The van der Waals surface area contributed by atoms with Gasteiger partial charge in [-0.25, -0.2) is 0 Å². The third kappa shape index (κ3) is 4.58. The van der Waals surface area contributed by atoms with Crippen molar-refractivity contribution in [1.29, 1.82) is 0 Å². The van der Waals surface area contributed by atoms with E-state index in [4.69, 9.17) is 34.8 Å². The highest BCUT2D eigenvalue weighted by Crippen LogP contribution is 2.28. The van der Waals surface area contributed by atoms with Crippen LogP contribution in [0.1, 0.15) is 5.56 Å². The molecule has 0 aromatic heterocycles. The van der Waals surface area contributed by atoms with Crippen molar-refractivity contribution in [1.82, 2.24) is 5.32 Å². The van der Waals surface area contributed by atoms with Gasteiger partial charge in [0.15, 0.2) is 6.23 Å². The quantitative estimate of drug-likeness (QED) is 0.658. The predicted molar refractivity (Wildman–Crippen MR) is 64.6 cm³/mol. The van der Waals surface area contributed by atoms with Gasteiger partial charge in [-0.2, -0.15) is 0 Å². The first-order valence-electron chi connectivity index (χ1n) is 4.47. The van der Waals surface area contributed by atoms with Gasteiger partial charge in [0.1, 0.15) is 0 Å². The van der Waals surface area contributed by atoms with Crippen molar-refractivity contribution < 1.29 is 9.90 Å². The molecule has 0 saturated carbocycles. The maximum Gasteiger partial charge on any atom is 0.234 e. The first-order chi connectivity index (χ1) is 7.39. The molecule has 88 valence electrons. The number of aliphatic hydroxyl groups excluding tert-OH is 1. The third-order valence-corrected chi connectivity index (χ3v) is 2.44. The van der Waals surface area contributed by atoms with Gasteiger partial charge in [-0.3, -0.25) is 4.79 Å². The van der Waals surface area contributed by atoms with E-state index in [-0.39, 0.29) is 6.42 Å². The molecule has 3 nitrogen and oxygen atoms in total. The van der Waals surface area contributed by atoms with Crippen molar-refractivity contribution in [3.63, 3.8) is 0 Å². The second-order valence-corrected chi connectivity index (χ2v) is 5.54. The minimum absolute atomic E-state index is 0.124. The number of hydrogen-bond acceptors (Lipinski definition) is 2. The Balaban J connectivity index is 2.49. The van der Waals surface area contributed by atoms with E-state index in [9.17, 15) is 9.90 Å². The van der Waals surface area contributed by atoms with Crippen LogP contribution in [-0.4, -0.2) is 21.0 Å². The zero-order chi connectivity index (χ0) is 12.2. The lowest BCUT2D eigenvalue weighted by molar-refractivity contribution is -0.123. The summed E-state index contributed by atoms with van der Waals surface area (Å²) in [6, 6.07) is 9.06. The predicted octanol–water partition coefficient (Wildman–Crippen LogP) is 2.03. The van der Waals surface area contributed by atoms with Gasteiger partial charge in [0.25, 0.3) is 0 Å². The lowest BCUT2D eigenvalue weighted by Gasteiger charge is -2.19. The topological polar surface area (TPSA) is 49.3 Å². The highest BCUT2D eigenvalue weighted by molar-refractivity contribution is 6.68. The molecule has 6 heteroatoms. The second-order valence-electron chi connectivity index (χ2n) is 3.17. The number of amides is 1. The Morgan fingerprint density at radius 1 is 1.31 bits per heavy atom. The molecule has 0 aliphatic rings.